The first-order chi connectivity index (χ1) is 7.11. The van der Waals surface area contributed by atoms with E-state index < -0.39 is 0 Å². The molecule has 0 aliphatic heterocycles. The first-order valence-corrected chi connectivity index (χ1v) is 5.41. The van der Waals surface area contributed by atoms with Crippen LogP contribution in [0, 0.1) is 13.8 Å². The molecule has 4 heteroatoms. The quantitative estimate of drug-likeness (QED) is 0.758. The molecule has 0 spiro atoms. The Bertz CT molecular complexity index is 320. The lowest BCUT2D eigenvalue weighted by atomic mass is 9.99. The van der Waals surface area contributed by atoms with Crippen molar-refractivity contribution < 1.29 is 5.11 Å². The summed E-state index contributed by atoms with van der Waals surface area (Å²) in [5.74, 6) is 0.461. The second-order valence-corrected chi connectivity index (χ2v) is 3.99. The second-order valence-electron chi connectivity index (χ2n) is 3.99. The van der Waals surface area contributed by atoms with Crippen LogP contribution < -0.4 is 5.32 Å². The molecule has 15 heavy (non-hydrogen) atoms. The van der Waals surface area contributed by atoms with E-state index >= 15 is 0 Å². The average molecular weight is 211 g/mol. The van der Waals surface area contributed by atoms with E-state index in [2.05, 4.69) is 24.3 Å². The highest BCUT2D eigenvalue weighted by Gasteiger charge is 2.16. The number of aliphatic hydroxyl groups is 1. The van der Waals surface area contributed by atoms with Gasteiger partial charge in [0, 0.05) is 12.2 Å². The molecule has 0 saturated heterocycles. The van der Waals surface area contributed by atoms with E-state index in [1.54, 1.807) is 0 Å². The monoisotopic (exact) mass is 211 g/mol. The summed E-state index contributed by atoms with van der Waals surface area (Å²) in [6, 6.07) is 0. The second kappa shape index (κ2) is 5.28. The summed E-state index contributed by atoms with van der Waals surface area (Å²) < 4.78 is 1.89. The van der Waals surface area contributed by atoms with Gasteiger partial charge in [-0.25, -0.2) is 0 Å². The van der Waals surface area contributed by atoms with Crippen LogP contribution in [0.5, 0.6) is 0 Å². The van der Waals surface area contributed by atoms with Crippen LogP contribution >= 0.6 is 0 Å². The molecule has 0 saturated carbocycles. The Kier molecular flexibility index (Phi) is 4.29. The molecule has 0 aliphatic carbocycles. The van der Waals surface area contributed by atoms with E-state index in [1.165, 1.54) is 11.3 Å². The van der Waals surface area contributed by atoms with Crippen molar-refractivity contribution in [2.45, 2.75) is 33.2 Å². The van der Waals surface area contributed by atoms with Crippen LogP contribution in [0.3, 0.4) is 0 Å². The van der Waals surface area contributed by atoms with E-state index in [4.69, 9.17) is 5.11 Å². The summed E-state index contributed by atoms with van der Waals surface area (Å²) in [5.41, 5.74) is 3.55. The summed E-state index contributed by atoms with van der Waals surface area (Å²) >= 11 is 0. The summed E-state index contributed by atoms with van der Waals surface area (Å²) in [4.78, 5) is 0. The number of rotatable bonds is 5. The van der Waals surface area contributed by atoms with Crippen LogP contribution in [0.15, 0.2) is 0 Å². The normalized spacial score (nSPS) is 13.1. The summed E-state index contributed by atoms with van der Waals surface area (Å²) in [5, 5.41) is 16.5. The molecule has 0 radical (unpaired) electrons. The highest BCUT2D eigenvalue weighted by Crippen LogP contribution is 2.22. The van der Waals surface area contributed by atoms with Crippen LogP contribution in [0.1, 0.15) is 29.8 Å². The zero-order chi connectivity index (χ0) is 11.4. The number of hydrogen-bond acceptors (Lipinski definition) is 3. The van der Waals surface area contributed by atoms with Gasteiger partial charge in [0.15, 0.2) is 0 Å². The van der Waals surface area contributed by atoms with E-state index in [0.29, 0.717) is 12.5 Å². The third-order valence-corrected chi connectivity index (χ3v) is 2.75. The van der Waals surface area contributed by atoms with Gasteiger partial charge in [0.05, 0.1) is 18.8 Å². The Hall–Kier alpha value is -0.870. The molecule has 0 amide bonds. The predicted molar refractivity (Wildman–Crippen MR) is 61.1 cm³/mol. The number of nitrogens with zero attached hydrogens (tertiary/aromatic N) is 2. The average Bonchev–Trinajstić information content (AvgIpc) is 2.43. The molecule has 86 valence electrons. The number of aromatic nitrogens is 2. The molecular formula is C11H21N3O. The predicted octanol–water partition coefficient (Wildman–Crippen LogP) is 0.815. The number of nitrogens with one attached hydrogen (secondary N) is 1. The van der Waals surface area contributed by atoms with Crippen molar-refractivity contribution in [2.75, 3.05) is 20.2 Å². The zero-order valence-corrected chi connectivity index (χ0v) is 10.0. The van der Waals surface area contributed by atoms with Gasteiger partial charge < -0.3 is 10.4 Å². The minimum atomic E-state index is 0.141. The zero-order valence-electron chi connectivity index (χ0n) is 10.0. The highest BCUT2D eigenvalue weighted by atomic mass is 16.3. The van der Waals surface area contributed by atoms with Crippen molar-refractivity contribution in [1.82, 2.24) is 15.1 Å². The Labute approximate surface area is 91.3 Å². The molecule has 1 atom stereocenters. The van der Waals surface area contributed by atoms with Crippen LogP contribution in [-0.2, 0) is 6.54 Å². The number of hydrogen-bond donors (Lipinski definition) is 2. The maximum atomic E-state index is 8.91. The van der Waals surface area contributed by atoms with Gasteiger partial charge in [-0.15, -0.1) is 0 Å². The smallest absolute Gasteiger partial charge is 0.0644 e. The van der Waals surface area contributed by atoms with Gasteiger partial charge in [0.1, 0.15) is 0 Å². The Morgan fingerprint density at radius 2 is 2.13 bits per heavy atom. The number of aryl methyl sites for hydroxylation is 1. The van der Waals surface area contributed by atoms with Crippen LogP contribution in [0.2, 0.25) is 0 Å². The topological polar surface area (TPSA) is 50.1 Å². The van der Waals surface area contributed by atoms with Gasteiger partial charge in [-0.05, 0) is 32.4 Å². The molecule has 1 aromatic heterocycles. The molecule has 1 rings (SSSR count). The number of likely N-dealkylation sites (N-methyl/N-ethyl adjacent to an activating group) is 1. The third-order valence-electron chi connectivity index (χ3n) is 2.75. The standard InChI is InChI=1S/C11H21N3O/c1-8(7-12-4)11-9(2)13-14(5-6-15)10(11)3/h8,12,15H,5-7H2,1-4H3. The molecule has 0 aliphatic rings. The lowest BCUT2D eigenvalue weighted by Gasteiger charge is -2.11. The van der Waals surface area contributed by atoms with Crippen molar-refractivity contribution in [2.24, 2.45) is 0 Å². The lowest BCUT2D eigenvalue weighted by Crippen LogP contribution is -2.16. The summed E-state index contributed by atoms with van der Waals surface area (Å²) in [7, 11) is 1.96. The lowest BCUT2D eigenvalue weighted by molar-refractivity contribution is 0.267. The highest BCUT2D eigenvalue weighted by molar-refractivity contribution is 5.28. The van der Waals surface area contributed by atoms with Crippen molar-refractivity contribution >= 4 is 0 Å². The van der Waals surface area contributed by atoms with Gasteiger partial charge in [-0.3, -0.25) is 4.68 Å². The fraction of sp³-hybridized carbons (Fsp3) is 0.727. The minimum absolute atomic E-state index is 0.141. The molecule has 1 aromatic rings. The molecule has 0 bridgehead atoms. The Balaban J connectivity index is 2.96. The summed E-state index contributed by atoms with van der Waals surface area (Å²) in [6.07, 6.45) is 0. The van der Waals surface area contributed by atoms with Crippen molar-refractivity contribution in [3.63, 3.8) is 0 Å². The third kappa shape index (κ3) is 2.58. The fourth-order valence-corrected chi connectivity index (χ4v) is 2.14. The van der Waals surface area contributed by atoms with Gasteiger partial charge in [0.25, 0.3) is 0 Å². The first-order valence-electron chi connectivity index (χ1n) is 5.41. The fourth-order valence-electron chi connectivity index (χ4n) is 2.14. The molecule has 0 fully saturated rings. The molecule has 1 heterocycles. The first kappa shape index (κ1) is 12.2. The van der Waals surface area contributed by atoms with Gasteiger partial charge in [-0.2, -0.15) is 5.10 Å². The Morgan fingerprint density at radius 3 is 2.67 bits per heavy atom. The SMILES string of the molecule is CNCC(C)c1c(C)nn(CCO)c1C. The Morgan fingerprint density at radius 1 is 1.47 bits per heavy atom. The van der Waals surface area contributed by atoms with Crippen molar-refractivity contribution in [3.05, 3.63) is 17.0 Å². The van der Waals surface area contributed by atoms with Crippen LogP contribution in [0.25, 0.3) is 0 Å². The number of aliphatic hydroxyl groups excluding tert-OH is 1. The van der Waals surface area contributed by atoms with E-state index in [1.807, 2.05) is 18.7 Å². The molecule has 1 unspecified atom stereocenters. The molecule has 0 aromatic carbocycles. The van der Waals surface area contributed by atoms with E-state index in [0.717, 1.165) is 12.2 Å². The van der Waals surface area contributed by atoms with Gasteiger partial charge >= 0.3 is 0 Å². The largest absolute Gasteiger partial charge is 0.394 e. The molecule has 4 nitrogen and oxygen atoms in total. The van der Waals surface area contributed by atoms with Gasteiger partial charge in [0.2, 0.25) is 0 Å². The molecular weight excluding hydrogens is 190 g/mol. The minimum Gasteiger partial charge on any atom is -0.394 e. The maximum absolute atomic E-state index is 8.91. The van der Waals surface area contributed by atoms with Gasteiger partial charge in [-0.1, -0.05) is 6.92 Å². The van der Waals surface area contributed by atoms with Crippen LogP contribution in [0.4, 0.5) is 0 Å². The van der Waals surface area contributed by atoms with E-state index in [-0.39, 0.29) is 6.61 Å². The van der Waals surface area contributed by atoms with Crippen LogP contribution in [-0.4, -0.2) is 35.1 Å². The molecule has 2 N–H and O–H groups in total. The summed E-state index contributed by atoms with van der Waals surface area (Å²) in [6.45, 7) is 7.96. The maximum Gasteiger partial charge on any atom is 0.0644 e. The van der Waals surface area contributed by atoms with E-state index in [9.17, 15) is 0 Å². The van der Waals surface area contributed by atoms with Crippen molar-refractivity contribution in [1.29, 1.82) is 0 Å². The van der Waals surface area contributed by atoms with Crippen molar-refractivity contribution in [3.8, 4) is 0 Å².